The zero-order valence-electron chi connectivity index (χ0n) is 10.6. The van der Waals surface area contributed by atoms with Gasteiger partial charge in [0, 0.05) is 38.6 Å². The molecule has 1 aromatic rings. The van der Waals surface area contributed by atoms with E-state index >= 15 is 0 Å². The molecule has 102 valence electrons. The van der Waals surface area contributed by atoms with Crippen molar-refractivity contribution in [2.24, 2.45) is 0 Å². The second-order valence-corrected chi connectivity index (χ2v) is 7.00. The van der Waals surface area contributed by atoms with E-state index in [1.807, 2.05) is 11.6 Å². The molecule has 1 aliphatic rings. The molecular weight excluding hydrogens is 304 g/mol. The van der Waals surface area contributed by atoms with Crippen molar-refractivity contribution in [3.05, 3.63) is 22.4 Å². The lowest BCUT2D eigenvalue weighted by molar-refractivity contribution is 0.219. The van der Waals surface area contributed by atoms with E-state index in [0.717, 1.165) is 18.8 Å². The van der Waals surface area contributed by atoms with Crippen LogP contribution in [0.5, 0.6) is 0 Å². The number of hydrogen-bond donors (Lipinski definition) is 0. The summed E-state index contributed by atoms with van der Waals surface area (Å²) in [5, 5.41) is 1.09. The Morgan fingerprint density at radius 2 is 1.79 bits per heavy atom. The van der Waals surface area contributed by atoms with Gasteiger partial charge >= 0.3 is 5.65 Å². The van der Waals surface area contributed by atoms with Gasteiger partial charge in [-0.15, -0.1) is 0 Å². The van der Waals surface area contributed by atoms with E-state index in [9.17, 15) is 4.79 Å². The first-order valence-electron chi connectivity index (χ1n) is 5.88. The highest BCUT2D eigenvalue weighted by molar-refractivity contribution is 7.71. The molecule has 0 radical (unpaired) electrons. The summed E-state index contributed by atoms with van der Waals surface area (Å²) >= 11 is 12.3. The van der Waals surface area contributed by atoms with Crippen LogP contribution in [0.2, 0.25) is 10.0 Å². The fourth-order valence-electron chi connectivity index (χ4n) is 2.07. The van der Waals surface area contributed by atoms with Gasteiger partial charge < -0.3 is 4.90 Å². The van der Waals surface area contributed by atoms with Crippen LogP contribution in [-0.2, 0) is 0 Å². The molecule has 1 aliphatic heterocycles. The molecule has 2 rings (SSSR count). The first kappa shape index (κ1) is 14.6. The van der Waals surface area contributed by atoms with Crippen LogP contribution in [0.3, 0.4) is 0 Å². The van der Waals surface area contributed by atoms with Crippen LogP contribution in [0, 0.1) is 0 Å². The van der Waals surface area contributed by atoms with Gasteiger partial charge in [-0.2, -0.15) is 0 Å². The van der Waals surface area contributed by atoms with Crippen LogP contribution in [0.1, 0.15) is 0 Å². The molecule has 0 N–H and O–H groups in total. The van der Waals surface area contributed by atoms with Crippen LogP contribution in [-0.4, -0.2) is 54.7 Å². The molecule has 1 aromatic heterocycles. The van der Waals surface area contributed by atoms with Gasteiger partial charge in [-0.3, -0.25) is 9.88 Å². The Bertz CT molecular complexity index is 495. The van der Waals surface area contributed by atoms with E-state index in [-0.39, 0.29) is 5.65 Å². The van der Waals surface area contributed by atoms with Gasteiger partial charge in [0.1, 0.15) is 6.66 Å². The molecule has 1 fully saturated rings. The van der Waals surface area contributed by atoms with Gasteiger partial charge in [0.15, 0.2) is 7.55 Å². The predicted octanol–water partition coefficient (Wildman–Crippen LogP) is 3.17. The Hall–Kier alpha value is -0.830. The summed E-state index contributed by atoms with van der Waals surface area (Å²) in [5.41, 5.74) is 0.959. The van der Waals surface area contributed by atoms with E-state index in [0.29, 0.717) is 23.1 Å². The summed E-state index contributed by atoms with van der Waals surface area (Å²) in [7, 11) is -0.809. The molecule has 0 spiro atoms. The number of pyridine rings is 1. The Balaban J connectivity index is 2.08. The minimum Gasteiger partial charge on any atom is -0.365 e. The van der Waals surface area contributed by atoms with E-state index in [1.165, 1.54) is 0 Å². The highest BCUT2D eigenvalue weighted by Gasteiger charge is 2.28. The molecule has 0 aromatic carbocycles. The molecule has 1 atom stereocenters. The van der Waals surface area contributed by atoms with E-state index in [4.69, 9.17) is 23.2 Å². The third kappa shape index (κ3) is 3.19. The Labute approximate surface area is 123 Å². The number of piperazine rings is 1. The minimum absolute atomic E-state index is 0.154. The van der Waals surface area contributed by atoms with Gasteiger partial charge in [-0.25, -0.2) is 4.79 Å². The summed E-state index contributed by atoms with van der Waals surface area (Å²) in [5.74, 6) is 0. The van der Waals surface area contributed by atoms with Crippen molar-refractivity contribution in [1.82, 2.24) is 9.88 Å². The number of aromatic nitrogens is 1. The summed E-state index contributed by atoms with van der Waals surface area (Å²) in [4.78, 5) is 19.8. The molecule has 0 bridgehead atoms. The summed E-state index contributed by atoms with van der Waals surface area (Å²) in [6, 6.07) is 0. The quantitative estimate of drug-likeness (QED) is 0.786. The zero-order valence-corrected chi connectivity index (χ0v) is 13.0. The van der Waals surface area contributed by atoms with Gasteiger partial charge in [0.25, 0.3) is 0 Å². The first-order valence-corrected chi connectivity index (χ1v) is 8.61. The molecule has 1 unspecified atom stereocenters. The molecule has 7 heteroatoms. The van der Waals surface area contributed by atoms with Gasteiger partial charge in [0.2, 0.25) is 0 Å². The highest BCUT2D eigenvalue weighted by atomic mass is 35.5. The smallest absolute Gasteiger partial charge is 0.365 e. The van der Waals surface area contributed by atoms with Crippen LogP contribution in [0.15, 0.2) is 12.4 Å². The van der Waals surface area contributed by atoms with Crippen molar-refractivity contribution in [2.75, 3.05) is 37.7 Å². The van der Waals surface area contributed by atoms with Crippen molar-refractivity contribution >= 4 is 48.4 Å². The maximum Gasteiger partial charge on any atom is 0.418 e. The van der Waals surface area contributed by atoms with Crippen molar-refractivity contribution in [3.8, 4) is 0 Å². The summed E-state index contributed by atoms with van der Waals surface area (Å²) in [6.07, 6.45) is 7.00. The van der Waals surface area contributed by atoms with E-state index in [1.54, 1.807) is 12.4 Å². The summed E-state index contributed by atoms with van der Waals surface area (Å²) < 4.78 is 0. The molecule has 1 amide bonds. The largest absolute Gasteiger partial charge is 0.418 e. The minimum atomic E-state index is -0.809. The Morgan fingerprint density at radius 3 is 2.26 bits per heavy atom. The van der Waals surface area contributed by atoms with E-state index < -0.39 is 7.55 Å². The molecule has 19 heavy (non-hydrogen) atoms. The fourth-order valence-corrected chi connectivity index (χ4v) is 3.36. The van der Waals surface area contributed by atoms with Crippen LogP contribution in [0.25, 0.3) is 0 Å². The standard InChI is InChI=1S/C12H15Cl2N3OP/c1-19(2)12(18)17-5-3-16(4-6-17)11-9(13)7-15-8-10(11)14/h7-8H,1,3-6H2,2H3/q+1. The molecular formula is C12H15Cl2N3OP+. The lowest BCUT2D eigenvalue weighted by Crippen LogP contribution is -2.47. The monoisotopic (exact) mass is 318 g/mol. The number of halogens is 2. The zero-order chi connectivity index (χ0) is 14.0. The topological polar surface area (TPSA) is 36.4 Å². The molecule has 0 saturated carbocycles. The van der Waals surface area contributed by atoms with Gasteiger partial charge in [-0.05, 0) is 0 Å². The van der Waals surface area contributed by atoms with Gasteiger partial charge in [-0.1, -0.05) is 23.2 Å². The van der Waals surface area contributed by atoms with Crippen molar-refractivity contribution in [2.45, 2.75) is 0 Å². The SMILES string of the molecule is C=[P+](C)C(=O)N1CCN(c2c(Cl)cncc2Cl)CC1. The second kappa shape index (κ2) is 6.08. The number of carbonyl (C=O) groups is 1. The van der Waals surface area contributed by atoms with Crippen molar-refractivity contribution in [1.29, 1.82) is 0 Å². The molecule has 2 heterocycles. The second-order valence-electron chi connectivity index (χ2n) is 4.41. The predicted molar refractivity (Wildman–Crippen MR) is 83.4 cm³/mol. The Kier molecular flexibility index (Phi) is 4.67. The van der Waals surface area contributed by atoms with Crippen LogP contribution in [0.4, 0.5) is 10.5 Å². The number of carbonyl (C=O) groups excluding carboxylic acids is 1. The third-order valence-electron chi connectivity index (χ3n) is 3.02. The van der Waals surface area contributed by atoms with Crippen molar-refractivity contribution < 1.29 is 4.79 Å². The molecule has 1 saturated heterocycles. The fraction of sp³-hybridized carbons (Fsp3) is 0.417. The highest BCUT2D eigenvalue weighted by Crippen LogP contribution is 2.33. The average Bonchev–Trinajstić information content (AvgIpc) is 2.38. The van der Waals surface area contributed by atoms with Crippen molar-refractivity contribution in [3.63, 3.8) is 0 Å². The molecule has 0 aliphatic carbocycles. The van der Waals surface area contributed by atoms with E-state index in [2.05, 4.69) is 16.2 Å². The maximum absolute atomic E-state index is 11.9. The normalized spacial score (nSPS) is 16.5. The number of anilines is 1. The number of rotatable bonds is 2. The average molecular weight is 319 g/mol. The number of amides is 1. The number of nitrogens with zero attached hydrogens (tertiary/aromatic N) is 3. The van der Waals surface area contributed by atoms with Gasteiger partial charge in [0.05, 0.1) is 22.0 Å². The molecule has 4 nitrogen and oxygen atoms in total. The third-order valence-corrected chi connectivity index (χ3v) is 4.51. The van der Waals surface area contributed by atoms with Crippen LogP contribution < -0.4 is 4.90 Å². The Morgan fingerprint density at radius 1 is 1.26 bits per heavy atom. The summed E-state index contributed by atoms with van der Waals surface area (Å²) in [6.45, 7) is 4.67. The first-order chi connectivity index (χ1) is 9.00. The maximum atomic E-state index is 11.9. The lowest BCUT2D eigenvalue weighted by Gasteiger charge is -2.35. The lowest BCUT2D eigenvalue weighted by atomic mass is 10.3. The number of hydrogen-bond acceptors (Lipinski definition) is 3. The van der Waals surface area contributed by atoms with Crippen LogP contribution >= 0.6 is 30.7 Å².